The fraction of sp³-hybridized carbons (Fsp3) is 0.250. The fourth-order valence-electron chi connectivity index (χ4n) is 0.341. The lowest BCUT2D eigenvalue weighted by molar-refractivity contribution is 0.386. The largest absolute Gasteiger partial charge is 0.339 e. The number of nitriles is 1. The van der Waals surface area contributed by atoms with Crippen molar-refractivity contribution < 1.29 is 4.52 Å². The van der Waals surface area contributed by atoms with Crippen LogP contribution >= 0.6 is 0 Å². The van der Waals surface area contributed by atoms with E-state index in [4.69, 9.17) is 5.26 Å². The Bertz CT molecular complexity index is 186. The highest BCUT2D eigenvalue weighted by Gasteiger charge is 1.92. The molecule has 0 aliphatic heterocycles. The predicted molar refractivity (Wildman–Crippen MR) is 23.6 cm³/mol. The Morgan fingerprint density at radius 1 is 1.88 bits per heavy atom. The highest BCUT2D eigenvalue weighted by molar-refractivity contribution is 4.87. The van der Waals surface area contributed by atoms with Gasteiger partial charge in [0.15, 0.2) is 6.33 Å². The summed E-state index contributed by atoms with van der Waals surface area (Å²) in [6, 6.07) is 1.87. The van der Waals surface area contributed by atoms with E-state index in [1.54, 1.807) is 0 Å². The van der Waals surface area contributed by atoms with Crippen molar-refractivity contribution in [3.8, 4) is 6.07 Å². The molecule has 0 bridgehead atoms. The van der Waals surface area contributed by atoms with Crippen molar-refractivity contribution in [1.82, 2.24) is 10.1 Å². The SMILES string of the molecule is N#CCc1ncno1. The number of hydrogen-bond donors (Lipinski definition) is 0. The molecule has 0 amide bonds. The van der Waals surface area contributed by atoms with E-state index in [9.17, 15) is 0 Å². The first-order valence-electron chi connectivity index (χ1n) is 2.06. The van der Waals surface area contributed by atoms with Crippen molar-refractivity contribution in [2.45, 2.75) is 6.42 Å². The van der Waals surface area contributed by atoms with Crippen LogP contribution < -0.4 is 0 Å². The zero-order valence-electron chi connectivity index (χ0n) is 4.03. The zero-order valence-corrected chi connectivity index (χ0v) is 4.03. The van der Waals surface area contributed by atoms with Gasteiger partial charge in [-0.25, -0.2) is 0 Å². The van der Waals surface area contributed by atoms with E-state index in [-0.39, 0.29) is 6.42 Å². The second kappa shape index (κ2) is 2.07. The summed E-state index contributed by atoms with van der Waals surface area (Å²) >= 11 is 0. The van der Waals surface area contributed by atoms with Crippen molar-refractivity contribution in [1.29, 1.82) is 5.26 Å². The third kappa shape index (κ3) is 0.819. The summed E-state index contributed by atoms with van der Waals surface area (Å²) in [5.74, 6) is 0.368. The summed E-state index contributed by atoms with van der Waals surface area (Å²) in [7, 11) is 0. The summed E-state index contributed by atoms with van der Waals surface area (Å²) in [6.07, 6.45) is 1.46. The third-order valence-electron chi connectivity index (χ3n) is 0.637. The van der Waals surface area contributed by atoms with Crippen LogP contribution in [0.25, 0.3) is 0 Å². The molecular formula is C4H3N3O. The molecule has 0 unspecified atom stereocenters. The zero-order chi connectivity index (χ0) is 5.82. The molecule has 1 heterocycles. The normalized spacial score (nSPS) is 8.38. The Balaban J connectivity index is 2.67. The maximum Gasteiger partial charge on any atom is 0.240 e. The van der Waals surface area contributed by atoms with Crippen LogP contribution in [0.15, 0.2) is 10.9 Å². The van der Waals surface area contributed by atoms with Crippen molar-refractivity contribution in [3.63, 3.8) is 0 Å². The minimum atomic E-state index is 0.194. The van der Waals surface area contributed by atoms with Crippen LogP contribution in [-0.2, 0) is 6.42 Å². The average Bonchev–Trinajstić information content (AvgIpc) is 2.19. The Hall–Kier alpha value is -1.37. The molecule has 0 atom stereocenters. The van der Waals surface area contributed by atoms with Crippen molar-refractivity contribution in [2.24, 2.45) is 0 Å². The first-order valence-corrected chi connectivity index (χ1v) is 2.06. The molecule has 4 heteroatoms. The van der Waals surface area contributed by atoms with Gasteiger partial charge in [0.2, 0.25) is 5.89 Å². The van der Waals surface area contributed by atoms with E-state index in [0.717, 1.165) is 0 Å². The van der Waals surface area contributed by atoms with Crippen LogP contribution in [0.4, 0.5) is 0 Å². The number of aromatic nitrogens is 2. The molecule has 0 aliphatic carbocycles. The van der Waals surface area contributed by atoms with Gasteiger partial charge >= 0.3 is 0 Å². The van der Waals surface area contributed by atoms with E-state index in [0.29, 0.717) is 5.89 Å². The van der Waals surface area contributed by atoms with Gasteiger partial charge in [0.1, 0.15) is 6.42 Å². The highest BCUT2D eigenvalue weighted by atomic mass is 16.5. The molecule has 40 valence electrons. The number of hydrogen-bond acceptors (Lipinski definition) is 4. The van der Waals surface area contributed by atoms with Crippen LogP contribution in [0, 0.1) is 11.3 Å². The molecule has 0 radical (unpaired) electrons. The molecular weight excluding hydrogens is 106 g/mol. The molecule has 0 aliphatic rings. The Morgan fingerprint density at radius 2 is 2.75 bits per heavy atom. The molecule has 0 saturated heterocycles. The standard InChI is InChI=1S/C4H3N3O/c5-2-1-4-6-3-7-8-4/h3H,1H2. The lowest BCUT2D eigenvalue weighted by Gasteiger charge is -1.72. The van der Waals surface area contributed by atoms with Crippen LogP contribution in [0.3, 0.4) is 0 Å². The van der Waals surface area contributed by atoms with E-state index in [1.807, 2.05) is 6.07 Å². The van der Waals surface area contributed by atoms with Crippen LogP contribution in [0.5, 0.6) is 0 Å². The quantitative estimate of drug-likeness (QED) is 0.514. The van der Waals surface area contributed by atoms with E-state index >= 15 is 0 Å². The fourth-order valence-corrected chi connectivity index (χ4v) is 0.341. The summed E-state index contributed by atoms with van der Waals surface area (Å²) in [5.41, 5.74) is 0. The van der Waals surface area contributed by atoms with E-state index in [1.165, 1.54) is 6.33 Å². The van der Waals surface area contributed by atoms with E-state index in [2.05, 4.69) is 14.7 Å². The van der Waals surface area contributed by atoms with Crippen LogP contribution in [0.1, 0.15) is 5.89 Å². The maximum atomic E-state index is 8.06. The second-order valence-electron chi connectivity index (χ2n) is 1.17. The molecule has 0 saturated carbocycles. The minimum absolute atomic E-state index is 0.194. The van der Waals surface area contributed by atoms with Gasteiger partial charge in [-0.15, -0.1) is 0 Å². The number of nitrogens with zero attached hydrogens (tertiary/aromatic N) is 3. The van der Waals surface area contributed by atoms with E-state index < -0.39 is 0 Å². The first-order chi connectivity index (χ1) is 3.93. The molecule has 0 aromatic carbocycles. The minimum Gasteiger partial charge on any atom is -0.339 e. The van der Waals surface area contributed by atoms with Gasteiger partial charge in [-0.2, -0.15) is 10.2 Å². The molecule has 1 aromatic rings. The molecule has 0 spiro atoms. The smallest absolute Gasteiger partial charge is 0.240 e. The van der Waals surface area contributed by atoms with Crippen molar-refractivity contribution in [2.75, 3.05) is 0 Å². The lowest BCUT2D eigenvalue weighted by atomic mass is 10.5. The topological polar surface area (TPSA) is 62.7 Å². The summed E-state index contributed by atoms with van der Waals surface area (Å²) in [4.78, 5) is 3.61. The summed E-state index contributed by atoms with van der Waals surface area (Å²) in [5, 5.41) is 11.4. The van der Waals surface area contributed by atoms with Crippen LogP contribution in [0.2, 0.25) is 0 Å². The average molecular weight is 109 g/mol. The molecule has 1 rings (SSSR count). The van der Waals surface area contributed by atoms with Gasteiger partial charge in [0.25, 0.3) is 0 Å². The summed E-state index contributed by atoms with van der Waals surface area (Å²) < 4.78 is 4.49. The highest BCUT2D eigenvalue weighted by Crippen LogP contribution is 1.88. The third-order valence-corrected chi connectivity index (χ3v) is 0.637. The molecule has 8 heavy (non-hydrogen) atoms. The molecule has 4 nitrogen and oxygen atoms in total. The monoisotopic (exact) mass is 109 g/mol. The lowest BCUT2D eigenvalue weighted by Crippen LogP contribution is -1.76. The van der Waals surface area contributed by atoms with Gasteiger partial charge in [-0.3, -0.25) is 0 Å². The first kappa shape index (κ1) is 4.78. The Morgan fingerprint density at radius 3 is 3.25 bits per heavy atom. The number of rotatable bonds is 1. The summed E-state index contributed by atoms with van der Waals surface area (Å²) in [6.45, 7) is 0. The second-order valence-corrected chi connectivity index (χ2v) is 1.17. The Labute approximate surface area is 45.7 Å². The van der Waals surface area contributed by atoms with Gasteiger partial charge in [0.05, 0.1) is 6.07 Å². The van der Waals surface area contributed by atoms with Crippen molar-refractivity contribution in [3.05, 3.63) is 12.2 Å². The van der Waals surface area contributed by atoms with Crippen LogP contribution in [-0.4, -0.2) is 10.1 Å². The van der Waals surface area contributed by atoms with Gasteiger partial charge in [0, 0.05) is 0 Å². The van der Waals surface area contributed by atoms with Gasteiger partial charge in [-0.1, -0.05) is 5.16 Å². The van der Waals surface area contributed by atoms with Crippen molar-refractivity contribution >= 4 is 0 Å². The molecule has 1 aromatic heterocycles. The van der Waals surface area contributed by atoms with Gasteiger partial charge < -0.3 is 4.52 Å². The predicted octanol–water partition coefficient (Wildman–Crippen LogP) is 0.136. The maximum absolute atomic E-state index is 8.06. The molecule has 0 fully saturated rings. The van der Waals surface area contributed by atoms with Gasteiger partial charge in [-0.05, 0) is 0 Å². The Kier molecular flexibility index (Phi) is 1.24. The molecule has 0 N–H and O–H groups in total.